The maximum atomic E-state index is 14.3. The Labute approximate surface area is 120 Å². The molecule has 3 heterocycles. The topological polar surface area (TPSA) is 40.0 Å². The molecule has 2 aliphatic rings. The first-order chi connectivity index (χ1) is 10.1. The summed E-state index contributed by atoms with van der Waals surface area (Å²) in [7, 11) is 0. The summed E-state index contributed by atoms with van der Waals surface area (Å²) in [6.45, 7) is -3.86. The number of anilines is 1. The largest absolute Gasteiger partial charge is 0.752 e. The lowest BCUT2D eigenvalue weighted by molar-refractivity contribution is -0.484. The highest BCUT2D eigenvalue weighted by atomic mass is 19.2. The van der Waals surface area contributed by atoms with Crippen LogP contribution in [0.15, 0.2) is 48.8 Å². The molecule has 1 unspecified atom stereocenters. The van der Waals surface area contributed by atoms with E-state index >= 15 is 0 Å². The van der Waals surface area contributed by atoms with Crippen LogP contribution < -0.4 is 10.7 Å². The highest BCUT2D eigenvalue weighted by molar-refractivity contribution is 6.63. The summed E-state index contributed by atoms with van der Waals surface area (Å²) in [6.07, 6.45) is 3.90. The lowest BCUT2D eigenvalue weighted by Crippen LogP contribution is -2.55. The van der Waals surface area contributed by atoms with Gasteiger partial charge in [0, 0.05) is 18.1 Å². The molecule has 0 fully saturated rings. The smallest absolute Gasteiger partial charge is 0.431 e. The number of hydrogen-bond acceptors (Lipinski definition) is 3. The van der Waals surface area contributed by atoms with Crippen molar-refractivity contribution in [2.24, 2.45) is 0 Å². The molecule has 2 N–H and O–H groups in total. The minimum atomic E-state index is -3.86. The predicted molar refractivity (Wildman–Crippen MR) is 77.1 cm³/mol. The molecule has 21 heavy (non-hydrogen) atoms. The Morgan fingerprint density at radius 3 is 2.86 bits per heavy atom. The molecule has 0 aliphatic carbocycles. The van der Waals surface area contributed by atoms with E-state index < -0.39 is 6.97 Å². The summed E-state index contributed by atoms with van der Waals surface area (Å²) in [4.78, 5) is 4.06. The van der Waals surface area contributed by atoms with Crippen molar-refractivity contribution < 1.29 is 13.2 Å². The number of hydrazine groups is 1. The Hall–Kier alpha value is -2.44. The monoisotopic (exact) mass is 286 g/mol. The molecule has 0 spiro atoms. The van der Waals surface area contributed by atoms with Crippen LogP contribution in [0.25, 0.3) is 0 Å². The predicted octanol–water partition coefficient (Wildman–Crippen LogP) is 2.33. The molecule has 2 aliphatic heterocycles. The van der Waals surface area contributed by atoms with Crippen molar-refractivity contribution in [2.75, 3.05) is 5.23 Å². The molecule has 0 saturated heterocycles. The van der Waals surface area contributed by atoms with Gasteiger partial charge in [-0.05, 0) is 23.8 Å². The van der Waals surface area contributed by atoms with Crippen LogP contribution in [0, 0.1) is 0 Å². The maximum absolute atomic E-state index is 14.3. The fourth-order valence-electron chi connectivity index (χ4n) is 3.00. The number of aromatic nitrogens is 1. The fourth-order valence-corrected chi connectivity index (χ4v) is 3.00. The third-order valence-electron chi connectivity index (χ3n) is 3.96. The van der Waals surface area contributed by atoms with Gasteiger partial charge in [-0.15, -0.1) is 0 Å². The third kappa shape index (κ3) is 1.88. The number of nitrogens with zero attached hydrogens (tertiary/aromatic N) is 2. The van der Waals surface area contributed by atoms with E-state index in [4.69, 9.17) is 0 Å². The third-order valence-corrected chi connectivity index (χ3v) is 3.96. The second-order valence-corrected chi connectivity index (χ2v) is 5.30. The first kappa shape index (κ1) is 12.3. The van der Waals surface area contributed by atoms with Crippen molar-refractivity contribution in [1.82, 2.24) is 10.4 Å². The lowest BCUT2D eigenvalue weighted by atomic mass is 9.89. The van der Waals surface area contributed by atoms with E-state index in [-0.39, 0.29) is 6.04 Å². The lowest BCUT2D eigenvalue weighted by Gasteiger charge is -2.28. The average molecular weight is 286 g/mol. The first-order valence-electron chi connectivity index (χ1n) is 6.86. The van der Waals surface area contributed by atoms with Crippen molar-refractivity contribution >= 4 is 18.4 Å². The van der Waals surface area contributed by atoms with Gasteiger partial charge in [0.2, 0.25) is 0 Å². The highest BCUT2D eigenvalue weighted by Crippen LogP contribution is 2.33. The van der Waals surface area contributed by atoms with Crippen molar-refractivity contribution in [3.8, 4) is 0 Å². The zero-order valence-electron chi connectivity index (χ0n) is 11.1. The molecule has 0 radical (unpaired) electrons. The van der Waals surface area contributed by atoms with E-state index in [9.17, 15) is 8.63 Å². The number of halogens is 2. The normalized spacial score (nSPS) is 22.1. The average Bonchev–Trinajstić information content (AvgIpc) is 2.94. The molecule has 2 aromatic rings. The summed E-state index contributed by atoms with van der Waals surface area (Å²) in [5.74, 6) is 0. The van der Waals surface area contributed by atoms with Gasteiger partial charge >= 0.3 is 6.97 Å². The molecule has 0 saturated carbocycles. The van der Waals surface area contributed by atoms with Crippen LogP contribution >= 0.6 is 0 Å². The van der Waals surface area contributed by atoms with Crippen LogP contribution in [0.2, 0.25) is 0 Å². The zero-order valence-corrected chi connectivity index (χ0v) is 11.1. The Bertz CT molecular complexity index is 733. The van der Waals surface area contributed by atoms with Gasteiger partial charge in [-0.1, -0.05) is 18.2 Å². The van der Waals surface area contributed by atoms with Crippen molar-refractivity contribution in [3.63, 3.8) is 0 Å². The molecule has 7 heteroatoms. The Balaban J connectivity index is 1.77. The van der Waals surface area contributed by atoms with Gasteiger partial charge in [0.1, 0.15) is 6.04 Å². The SMILES string of the molecule is F[B-]1(F)Nc2ccccc2C2=[N+]1NC(c1cccnc1)C2. The summed E-state index contributed by atoms with van der Waals surface area (Å²) >= 11 is 0. The van der Waals surface area contributed by atoms with E-state index in [0.717, 1.165) is 15.7 Å². The van der Waals surface area contributed by atoms with Gasteiger partial charge in [-0.25, -0.2) is 10.0 Å². The summed E-state index contributed by atoms with van der Waals surface area (Å²) in [6, 6.07) is 10.7. The van der Waals surface area contributed by atoms with Crippen LogP contribution in [0.4, 0.5) is 14.3 Å². The quantitative estimate of drug-likeness (QED) is 0.790. The molecule has 1 aromatic heterocycles. The molecule has 1 aromatic carbocycles. The minimum Gasteiger partial charge on any atom is -0.431 e. The molecular weight excluding hydrogens is 273 g/mol. The van der Waals surface area contributed by atoms with Crippen LogP contribution in [0.1, 0.15) is 23.6 Å². The van der Waals surface area contributed by atoms with E-state index in [1.165, 1.54) is 0 Å². The number of pyridine rings is 1. The highest BCUT2D eigenvalue weighted by Gasteiger charge is 2.52. The molecule has 0 amide bonds. The number of rotatable bonds is 1. The number of fused-ring (bicyclic) bond motifs is 2. The molecule has 0 bridgehead atoms. The Morgan fingerprint density at radius 2 is 2.05 bits per heavy atom. The van der Waals surface area contributed by atoms with Gasteiger partial charge in [0.15, 0.2) is 5.71 Å². The number of para-hydroxylation sites is 1. The summed E-state index contributed by atoms with van der Waals surface area (Å²) < 4.78 is 29.6. The van der Waals surface area contributed by atoms with E-state index in [0.29, 0.717) is 17.8 Å². The molecule has 4 rings (SSSR count). The van der Waals surface area contributed by atoms with Crippen LogP contribution in [-0.2, 0) is 0 Å². The van der Waals surface area contributed by atoms with Crippen molar-refractivity contribution in [3.05, 3.63) is 59.9 Å². The molecule has 1 atom stereocenters. The van der Waals surface area contributed by atoms with Gasteiger partial charge in [-0.2, -0.15) is 0 Å². The second-order valence-electron chi connectivity index (χ2n) is 5.30. The van der Waals surface area contributed by atoms with E-state index in [1.807, 2.05) is 24.3 Å². The summed E-state index contributed by atoms with van der Waals surface area (Å²) in [5.41, 5.74) is 5.76. The molecule has 106 valence electrons. The number of hydrogen-bond donors (Lipinski definition) is 2. The Kier molecular flexibility index (Phi) is 2.51. The van der Waals surface area contributed by atoms with Gasteiger partial charge in [-0.3, -0.25) is 4.98 Å². The number of benzene rings is 1. The van der Waals surface area contributed by atoms with Crippen LogP contribution in [-0.4, -0.2) is 22.3 Å². The fraction of sp³-hybridized carbons (Fsp3) is 0.143. The first-order valence-corrected chi connectivity index (χ1v) is 6.86. The standard InChI is InChI=1S/C14H13BF2N4/c16-15(17)19-12-6-2-1-5-11(12)14-8-13(20-21(14)15)10-4-3-7-18-9-10/h1-7,9,13,19-20H,8H2. The van der Waals surface area contributed by atoms with Crippen molar-refractivity contribution in [2.45, 2.75) is 12.5 Å². The van der Waals surface area contributed by atoms with E-state index in [1.54, 1.807) is 24.5 Å². The van der Waals surface area contributed by atoms with E-state index in [2.05, 4.69) is 15.6 Å². The number of hydrazone groups is 1. The second kappa shape index (κ2) is 4.28. The number of nitrogens with one attached hydrogen (secondary N) is 2. The Morgan fingerprint density at radius 1 is 1.19 bits per heavy atom. The summed E-state index contributed by atoms with van der Waals surface area (Å²) in [5, 5.41) is 2.34. The van der Waals surface area contributed by atoms with Crippen LogP contribution in [0.3, 0.4) is 0 Å². The minimum absolute atomic E-state index is 0.186. The van der Waals surface area contributed by atoms with Crippen molar-refractivity contribution in [1.29, 1.82) is 0 Å². The maximum Gasteiger partial charge on any atom is 0.752 e. The van der Waals surface area contributed by atoms with Gasteiger partial charge in [0.05, 0.1) is 12.0 Å². The zero-order chi connectivity index (χ0) is 14.4. The van der Waals surface area contributed by atoms with Gasteiger partial charge < -0.3 is 13.9 Å². The van der Waals surface area contributed by atoms with Crippen LogP contribution in [0.5, 0.6) is 0 Å². The molecule has 4 nitrogen and oxygen atoms in total. The molecular formula is C14H13BF2N4. The van der Waals surface area contributed by atoms with Gasteiger partial charge in [0.25, 0.3) is 0 Å².